The first-order chi connectivity index (χ1) is 9.13. The van der Waals surface area contributed by atoms with E-state index in [1.54, 1.807) is 12.1 Å². The molecule has 0 aromatic carbocycles. The molecule has 1 heterocycles. The highest BCUT2D eigenvalue weighted by Gasteiger charge is 2.04. The molecule has 0 bridgehead atoms. The zero-order valence-corrected chi connectivity index (χ0v) is 11.9. The Morgan fingerprint density at radius 2 is 2.16 bits per heavy atom. The van der Waals surface area contributed by atoms with Gasteiger partial charge >= 0.3 is 5.97 Å². The fourth-order valence-corrected chi connectivity index (χ4v) is 1.91. The molecule has 2 N–H and O–H groups in total. The third kappa shape index (κ3) is 6.34. The molecular formula is C15H24N2O2. The summed E-state index contributed by atoms with van der Waals surface area (Å²) in [6.45, 7) is 5.08. The number of hydrogen-bond donors (Lipinski definition) is 2. The number of rotatable bonds is 9. The maximum Gasteiger partial charge on any atom is 0.337 e. The summed E-state index contributed by atoms with van der Waals surface area (Å²) in [4.78, 5) is 14.8. The molecule has 0 radical (unpaired) electrons. The van der Waals surface area contributed by atoms with Gasteiger partial charge in [-0.25, -0.2) is 4.79 Å². The number of carbonyl (C=O) groups is 1. The van der Waals surface area contributed by atoms with E-state index >= 15 is 0 Å². The third-order valence-electron chi connectivity index (χ3n) is 3.19. The highest BCUT2D eigenvalue weighted by molar-refractivity contribution is 5.87. The van der Waals surface area contributed by atoms with E-state index in [1.165, 1.54) is 38.3 Å². The van der Waals surface area contributed by atoms with E-state index < -0.39 is 5.97 Å². The Hall–Kier alpha value is -1.42. The van der Waals surface area contributed by atoms with E-state index in [2.05, 4.69) is 24.1 Å². The first-order valence-electron chi connectivity index (χ1n) is 7.05. The van der Waals surface area contributed by atoms with Gasteiger partial charge < -0.3 is 10.4 Å². The molecule has 4 heteroatoms. The van der Waals surface area contributed by atoms with Crippen LogP contribution >= 0.6 is 0 Å². The summed E-state index contributed by atoms with van der Waals surface area (Å²) in [7, 11) is 0. The van der Waals surface area contributed by atoms with Crippen LogP contribution < -0.4 is 5.32 Å². The van der Waals surface area contributed by atoms with Gasteiger partial charge in [-0.3, -0.25) is 4.98 Å². The van der Waals surface area contributed by atoms with E-state index in [1.807, 2.05) is 0 Å². The lowest BCUT2D eigenvalue weighted by atomic mass is 10.1. The van der Waals surface area contributed by atoms with E-state index in [0.29, 0.717) is 12.6 Å². The first kappa shape index (κ1) is 15.6. The van der Waals surface area contributed by atoms with Crippen molar-refractivity contribution in [3.8, 4) is 0 Å². The Kier molecular flexibility index (Phi) is 7.11. The second-order valence-corrected chi connectivity index (χ2v) is 4.97. The summed E-state index contributed by atoms with van der Waals surface area (Å²) in [5.41, 5.74) is 1.11. The molecule has 0 saturated heterocycles. The summed E-state index contributed by atoms with van der Waals surface area (Å²) in [6, 6.07) is 3.83. The first-order valence-corrected chi connectivity index (χ1v) is 7.05. The van der Waals surface area contributed by atoms with Crippen molar-refractivity contribution in [2.45, 2.75) is 58.5 Å². The van der Waals surface area contributed by atoms with Crippen molar-refractivity contribution >= 4 is 5.97 Å². The molecule has 106 valence electrons. The number of unbranched alkanes of at least 4 members (excludes halogenated alkanes) is 3. The van der Waals surface area contributed by atoms with Crippen molar-refractivity contribution in [2.24, 2.45) is 0 Å². The van der Waals surface area contributed by atoms with Crippen LogP contribution in [0.4, 0.5) is 0 Å². The van der Waals surface area contributed by atoms with Crippen molar-refractivity contribution in [1.82, 2.24) is 10.3 Å². The normalized spacial score (nSPS) is 12.3. The summed E-state index contributed by atoms with van der Waals surface area (Å²) in [5, 5.41) is 12.2. The van der Waals surface area contributed by atoms with Crippen molar-refractivity contribution in [3.05, 3.63) is 29.6 Å². The average Bonchev–Trinajstić information content (AvgIpc) is 2.42. The topological polar surface area (TPSA) is 62.2 Å². The van der Waals surface area contributed by atoms with E-state index in [-0.39, 0.29) is 5.56 Å². The lowest BCUT2D eigenvalue weighted by molar-refractivity contribution is 0.0696. The maximum absolute atomic E-state index is 10.7. The minimum atomic E-state index is -0.934. The van der Waals surface area contributed by atoms with Crippen molar-refractivity contribution < 1.29 is 9.90 Å². The number of carboxylic acids is 1. The molecule has 0 saturated carbocycles. The predicted octanol–water partition coefficient (Wildman–Crippen LogP) is 3.23. The molecule has 4 nitrogen and oxygen atoms in total. The molecular weight excluding hydrogens is 240 g/mol. The molecule has 1 rings (SSSR count). The van der Waals surface area contributed by atoms with Crippen LogP contribution in [0.3, 0.4) is 0 Å². The van der Waals surface area contributed by atoms with Crippen molar-refractivity contribution in [2.75, 3.05) is 0 Å². The molecule has 1 atom stereocenters. The molecule has 1 aromatic heterocycles. The number of aromatic carboxylic acids is 1. The Morgan fingerprint density at radius 1 is 1.37 bits per heavy atom. The van der Waals surface area contributed by atoms with Crippen LogP contribution in [0.5, 0.6) is 0 Å². The van der Waals surface area contributed by atoms with Crippen LogP contribution in [0.1, 0.15) is 62.0 Å². The highest BCUT2D eigenvalue weighted by Crippen LogP contribution is 2.06. The van der Waals surface area contributed by atoms with Crippen LogP contribution in [0.25, 0.3) is 0 Å². The molecule has 0 aliphatic rings. The number of carboxylic acid groups (broad SMARTS) is 1. The molecule has 1 aromatic rings. The Labute approximate surface area is 115 Å². The van der Waals surface area contributed by atoms with Gasteiger partial charge in [0.2, 0.25) is 0 Å². The van der Waals surface area contributed by atoms with Gasteiger partial charge in [-0.05, 0) is 25.5 Å². The molecule has 0 amide bonds. The predicted molar refractivity (Wildman–Crippen MR) is 76.3 cm³/mol. The maximum atomic E-state index is 10.7. The molecule has 0 spiro atoms. The summed E-state index contributed by atoms with van der Waals surface area (Å²) < 4.78 is 0. The van der Waals surface area contributed by atoms with Gasteiger partial charge in [0.05, 0.1) is 11.3 Å². The zero-order chi connectivity index (χ0) is 14.1. The Bertz CT molecular complexity index is 376. The molecule has 19 heavy (non-hydrogen) atoms. The van der Waals surface area contributed by atoms with Gasteiger partial charge in [0.1, 0.15) is 0 Å². The van der Waals surface area contributed by atoms with Gasteiger partial charge in [-0.15, -0.1) is 0 Å². The van der Waals surface area contributed by atoms with Gasteiger partial charge in [-0.2, -0.15) is 0 Å². The zero-order valence-electron chi connectivity index (χ0n) is 11.9. The minimum Gasteiger partial charge on any atom is -0.478 e. The fourth-order valence-electron chi connectivity index (χ4n) is 1.91. The number of pyridine rings is 1. The molecule has 0 aliphatic carbocycles. The number of nitrogens with one attached hydrogen (secondary N) is 1. The smallest absolute Gasteiger partial charge is 0.337 e. The minimum absolute atomic E-state index is 0.233. The number of aromatic nitrogens is 1. The SMILES string of the molecule is CCCCCCC(C)NCc1ccc(C(=O)O)cn1. The lowest BCUT2D eigenvalue weighted by Crippen LogP contribution is -2.25. The summed E-state index contributed by atoms with van der Waals surface area (Å²) in [6.07, 6.45) is 7.71. The molecule has 0 fully saturated rings. The van der Waals surface area contributed by atoms with Crippen LogP contribution in [-0.4, -0.2) is 22.1 Å². The largest absolute Gasteiger partial charge is 0.478 e. The molecule has 1 unspecified atom stereocenters. The molecule has 0 aliphatic heterocycles. The second kappa shape index (κ2) is 8.64. The second-order valence-electron chi connectivity index (χ2n) is 4.97. The monoisotopic (exact) mass is 264 g/mol. The van der Waals surface area contributed by atoms with Crippen molar-refractivity contribution in [1.29, 1.82) is 0 Å². The van der Waals surface area contributed by atoms with E-state index in [9.17, 15) is 4.79 Å². The van der Waals surface area contributed by atoms with E-state index in [0.717, 1.165) is 5.69 Å². The quantitative estimate of drug-likeness (QED) is 0.672. The van der Waals surface area contributed by atoms with Crippen LogP contribution in [0, 0.1) is 0 Å². The van der Waals surface area contributed by atoms with E-state index in [4.69, 9.17) is 5.11 Å². The standard InChI is InChI=1S/C15H24N2O2/c1-3-4-5-6-7-12(2)16-11-14-9-8-13(10-17-14)15(18)19/h8-10,12,16H,3-7,11H2,1-2H3,(H,18,19). The average molecular weight is 264 g/mol. The van der Waals surface area contributed by atoms with Gasteiger partial charge in [0.25, 0.3) is 0 Å². The summed E-state index contributed by atoms with van der Waals surface area (Å²) in [5.74, 6) is -0.934. The van der Waals surface area contributed by atoms with Gasteiger partial charge in [-0.1, -0.05) is 32.6 Å². The number of nitrogens with zero attached hydrogens (tertiary/aromatic N) is 1. The number of hydrogen-bond acceptors (Lipinski definition) is 3. The third-order valence-corrected chi connectivity index (χ3v) is 3.19. The highest BCUT2D eigenvalue weighted by atomic mass is 16.4. The van der Waals surface area contributed by atoms with Crippen LogP contribution in [0.2, 0.25) is 0 Å². The van der Waals surface area contributed by atoms with Gasteiger partial charge in [0.15, 0.2) is 0 Å². The van der Waals surface area contributed by atoms with Gasteiger partial charge in [0, 0.05) is 18.8 Å². The lowest BCUT2D eigenvalue weighted by Gasteiger charge is -2.13. The van der Waals surface area contributed by atoms with Crippen LogP contribution in [-0.2, 0) is 6.54 Å². The summed E-state index contributed by atoms with van der Waals surface area (Å²) >= 11 is 0. The van der Waals surface area contributed by atoms with Crippen LogP contribution in [0.15, 0.2) is 18.3 Å². The Balaban J connectivity index is 2.25. The fraction of sp³-hybridized carbons (Fsp3) is 0.600. The van der Waals surface area contributed by atoms with Crippen molar-refractivity contribution in [3.63, 3.8) is 0 Å². The Morgan fingerprint density at radius 3 is 2.74 bits per heavy atom.